The molecular formula is C11H15ClOS. The van der Waals surface area contributed by atoms with Gasteiger partial charge in [-0.05, 0) is 24.1 Å². The highest BCUT2D eigenvalue weighted by molar-refractivity contribution is 7.85. The van der Waals surface area contributed by atoms with Gasteiger partial charge in [0, 0.05) is 16.5 Å². The van der Waals surface area contributed by atoms with Crippen LogP contribution in [0.15, 0.2) is 29.2 Å². The molecule has 1 atom stereocenters. The molecule has 14 heavy (non-hydrogen) atoms. The van der Waals surface area contributed by atoms with Gasteiger partial charge in [0.1, 0.15) is 0 Å². The Hall–Kier alpha value is -0.340. The molecule has 1 unspecified atom stereocenters. The van der Waals surface area contributed by atoms with E-state index in [1.807, 2.05) is 24.3 Å². The number of benzene rings is 1. The molecule has 0 saturated carbocycles. The summed E-state index contributed by atoms with van der Waals surface area (Å²) >= 11 is 5.67. The summed E-state index contributed by atoms with van der Waals surface area (Å²) in [6.07, 6.45) is 2.11. The van der Waals surface area contributed by atoms with Crippen LogP contribution in [0.5, 0.6) is 0 Å². The van der Waals surface area contributed by atoms with Crippen molar-refractivity contribution in [2.75, 3.05) is 5.75 Å². The quantitative estimate of drug-likeness (QED) is 0.710. The zero-order chi connectivity index (χ0) is 10.4. The van der Waals surface area contributed by atoms with Gasteiger partial charge in [0.15, 0.2) is 0 Å². The van der Waals surface area contributed by atoms with Crippen LogP contribution in [0.25, 0.3) is 0 Å². The molecule has 0 fully saturated rings. The highest BCUT2D eigenvalue weighted by Gasteiger charge is 2.02. The van der Waals surface area contributed by atoms with Crippen molar-refractivity contribution < 1.29 is 4.21 Å². The van der Waals surface area contributed by atoms with Crippen molar-refractivity contribution >= 4 is 22.4 Å². The molecule has 0 amide bonds. The SMILES string of the molecule is CCCCS(=O)c1ccc(CCl)cc1. The average Bonchev–Trinajstić information content (AvgIpc) is 2.26. The molecule has 0 radical (unpaired) electrons. The Morgan fingerprint density at radius 1 is 1.29 bits per heavy atom. The summed E-state index contributed by atoms with van der Waals surface area (Å²) in [5.41, 5.74) is 1.07. The molecule has 0 aliphatic rings. The van der Waals surface area contributed by atoms with Crippen molar-refractivity contribution in [2.45, 2.75) is 30.5 Å². The predicted molar refractivity (Wildman–Crippen MR) is 62.2 cm³/mol. The van der Waals surface area contributed by atoms with Gasteiger partial charge in [-0.2, -0.15) is 0 Å². The van der Waals surface area contributed by atoms with E-state index in [4.69, 9.17) is 11.6 Å². The number of hydrogen-bond acceptors (Lipinski definition) is 1. The van der Waals surface area contributed by atoms with E-state index in [1.54, 1.807) is 0 Å². The van der Waals surface area contributed by atoms with Crippen LogP contribution in [-0.4, -0.2) is 9.96 Å². The van der Waals surface area contributed by atoms with Gasteiger partial charge in [-0.3, -0.25) is 4.21 Å². The van der Waals surface area contributed by atoms with E-state index < -0.39 is 10.8 Å². The van der Waals surface area contributed by atoms with Gasteiger partial charge >= 0.3 is 0 Å². The van der Waals surface area contributed by atoms with Crippen LogP contribution >= 0.6 is 11.6 Å². The third-order valence-electron chi connectivity index (χ3n) is 2.02. The van der Waals surface area contributed by atoms with Gasteiger partial charge in [-0.25, -0.2) is 0 Å². The van der Waals surface area contributed by atoms with Crippen LogP contribution in [0.3, 0.4) is 0 Å². The van der Waals surface area contributed by atoms with Gasteiger partial charge in [-0.1, -0.05) is 25.5 Å². The molecule has 0 heterocycles. The maximum absolute atomic E-state index is 11.7. The van der Waals surface area contributed by atoms with Gasteiger partial charge in [0.2, 0.25) is 0 Å². The lowest BCUT2D eigenvalue weighted by molar-refractivity contribution is 0.679. The molecule has 0 bridgehead atoms. The lowest BCUT2D eigenvalue weighted by Gasteiger charge is -2.01. The second kappa shape index (κ2) is 6.20. The van der Waals surface area contributed by atoms with E-state index in [0.717, 1.165) is 29.1 Å². The van der Waals surface area contributed by atoms with Crippen LogP contribution in [0.2, 0.25) is 0 Å². The largest absolute Gasteiger partial charge is 0.254 e. The molecule has 78 valence electrons. The molecular weight excluding hydrogens is 216 g/mol. The van der Waals surface area contributed by atoms with Crippen molar-refractivity contribution in [2.24, 2.45) is 0 Å². The normalized spacial score (nSPS) is 12.7. The second-order valence-electron chi connectivity index (χ2n) is 3.18. The van der Waals surface area contributed by atoms with Crippen molar-refractivity contribution in [1.29, 1.82) is 0 Å². The molecule has 1 rings (SSSR count). The van der Waals surface area contributed by atoms with Crippen LogP contribution in [0.1, 0.15) is 25.3 Å². The third kappa shape index (κ3) is 3.43. The van der Waals surface area contributed by atoms with Crippen molar-refractivity contribution in [3.05, 3.63) is 29.8 Å². The molecule has 1 aromatic rings. The fourth-order valence-electron chi connectivity index (χ4n) is 1.12. The summed E-state index contributed by atoms with van der Waals surface area (Å²) in [4.78, 5) is 0.910. The lowest BCUT2D eigenvalue weighted by atomic mass is 10.2. The summed E-state index contributed by atoms with van der Waals surface area (Å²) in [5.74, 6) is 1.28. The number of rotatable bonds is 5. The first-order valence-electron chi connectivity index (χ1n) is 4.81. The smallest absolute Gasteiger partial charge is 0.0529 e. The molecule has 0 N–H and O–H groups in total. The van der Waals surface area contributed by atoms with Gasteiger partial charge in [0.05, 0.1) is 10.8 Å². The molecule has 1 nitrogen and oxygen atoms in total. The van der Waals surface area contributed by atoms with E-state index >= 15 is 0 Å². The molecule has 0 aliphatic heterocycles. The van der Waals surface area contributed by atoms with Crippen LogP contribution in [0.4, 0.5) is 0 Å². The molecule has 0 saturated heterocycles. The minimum atomic E-state index is -0.837. The molecule has 1 aromatic carbocycles. The van der Waals surface area contributed by atoms with Gasteiger partial charge in [0.25, 0.3) is 0 Å². The van der Waals surface area contributed by atoms with Crippen LogP contribution in [-0.2, 0) is 16.7 Å². The molecule has 3 heteroatoms. The zero-order valence-corrected chi connectivity index (χ0v) is 9.90. The van der Waals surface area contributed by atoms with E-state index in [2.05, 4.69) is 6.92 Å². The predicted octanol–water partition coefficient (Wildman–Crippen LogP) is 3.33. The van der Waals surface area contributed by atoms with Gasteiger partial charge < -0.3 is 0 Å². The van der Waals surface area contributed by atoms with Gasteiger partial charge in [-0.15, -0.1) is 11.6 Å². The highest BCUT2D eigenvalue weighted by Crippen LogP contribution is 2.11. The van der Waals surface area contributed by atoms with E-state index in [1.165, 1.54) is 0 Å². The second-order valence-corrected chi connectivity index (χ2v) is 5.02. The first-order chi connectivity index (χ1) is 6.77. The number of halogens is 1. The standard InChI is InChI=1S/C11H15ClOS/c1-2-3-8-14(13)11-6-4-10(9-12)5-7-11/h4-7H,2-3,8-9H2,1H3. The Bertz CT molecular complexity index is 295. The highest BCUT2D eigenvalue weighted by atomic mass is 35.5. The summed E-state index contributed by atoms with van der Waals surface area (Å²) in [6, 6.07) is 7.69. The number of unbranched alkanes of at least 4 members (excludes halogenated alkanes) is 1. The number of alkyl halides is 1. The maximum atomic E-state index is 11.7. The maximum Gasteiger partial charge on any atom is 0.0529 e. The van der Waals surface area contributed by atoms with Crippen LogP contribution < -0.4 is 0 Å². The Labute approximate surface area is 92.9 Å². The van der Waals surface area contributed by atoms with Crippen molar-refractivity contribution in [3.63, 3.8) is 0 Å². The molecule has 0 aromatic heterocycles. The van der Waals surface area contributed by atoms with E-state index in [0.29, 0.717) is 5.88 Å². The van der Waals surface area contributed by atoms with Crippen LogP contribution in [0, 0.1) is 0 Å². The fourth-order valence-corrected chi connectivity index (χ4v) is 2.53. The average molecular weight is 231 g/mol. The Kier molecular flexibility index (Phi) is 5.20. The van der Waals surface area contributed by atoms with E-state index in [-0.39, 0.29) is 0 Å². The first-order valence-corrected chi connectivity index (χ1v) is 6.66. The zero-order valence-electron chi connectivity index (χ0n) is 8.33. The van der Waals surface area contributed by atoms with Crippen molar-refractivity contribution in [1.82, 2.24) is 0 Å². The van der Waals surface area contributed by atoms with E-state index in [9.17, 15) is 4.21 Å². The molecule has 0 aliphatic carbocycles. The Morgan fingerprint density at radius 2 is 1.93 bits per heavy atom. The Morgan fingerprint density at radius 3 is 2.43 bits per heavy atom. The summed E-state index contributed by atoms with van der Waals surface area (Å²) in [5, 5.41) is 0. The monoisotopic (exact) mass is 230 g/mol. The number of hydrogen-bond donors (Lipinski definition) is 0. The lowest BCUT2D eigenvalue weighted by Crippen LogP contribution is -1.97. The third-order valence-corrected chi connectivity index (χ3v) is 3.79. The fraction of sp³-hybridized carbons (Fsp3) is 0.455. The topological polar surface area (TPSA) is 17.1 Å². The first kappa shape index (κ1) is 11.7. The summed E-state index contributed by atoms with van der Waals surface area (Å²) in [7, 11) is -0.837. The summed E-state index contributed by atoms with van der Waals surface area (Å²) < 4.78 is 11.7. The summed E-state index contributed by atoms with van der Waals surface area (Å²) in [6.45, 7) is 2.10. The molecule has 0 spiro atoms. The minimum Gasteiger partial charge on any atom is -0.254 e. The minimum absolute atomic E-state index is 0.516. The Balaban J connectivity index is 2.62. The van der Waals surface area contributed by atoms with Crippen molar-refractivity contribution in [3.8, 4) is 0 Å².